The van der Waals surface area contributed by atoms with Crippen LogP contribution in [0.3, 0.4) is 0 Å². The second kappa shape index (κ2) is 19.9. The highest BCUT2D eigenvalue weighted by Gasteiger charge is 2.01. The van der Waals surface area contributed by atoms with Gasteiger partial charge in [0, 0.05) is 26.2 Å². The van der Waals surface area contributed by atoms with Crippen LogP contribution in [-0.4, -0.2) is 36.0 Å². The third-order valence-corrected chi connectivity index (χ3v) is 4.95. The van der Waals surface area contributed by atoms with E-state index in [0.29, 0.717) is 0 Å². The predicted molar refractivity (Wildman–Crippen MR) is 110 cm³/mol. The van der Waals surface area contributed by atoms with E-state index >= 15 is 0 Å². The van der Waals surface area contributed by atoms with Gasteiger partial charge in [-0.25, -0.2) is 0 Å². The Balaban J connectivity index is 3.31. The molecule has 0 aromatic carbocycles. The molecule has 0 saturated heterocycles. The van der Waals surface area contributed by atoms with Crippen molar-refractivity contribution in [2.24, 2.45) is 0 Å². The molecular weight excluding hydrogens is 320 g/mol. The van der Waals surface area contributed by atoms with Gasteiger partial charge in [0.1, 0.15) is 0 Å². The Labute approximate surface area is 163 Å². The van der Waals surface area contributed by atoms with Crippen LogP contribution in [0.1, 0.15) is 104 Å². The average molecular weight is 363 g/mol. The van der Waals surface area contributed by atoms with Crippen molar-refractivity contribution in [1.29, 1.82) is 10.5 Å². The molecule has 0 spiro atoms. The fourth-order valence-corrected chi connectivity index (χ4v) is 3.14. The summed E-state index contributed by atoms with van der Waals surface area (Å²) in [6, 6.07) is 0. The Morgan fingerprint density at radius 1 is 0.462 bits per heavy atom. The van der Waals surface area contributed by atoms with Gasteiger partial charge in [0.25, 0.3) is 0 Å². The van der Waals surface area contributed by atoms with Crippen LogP contribution >= 0.6 is 0 Å². The molecule has 0 unspecified atom stereocenters. The Kier molecular flexibility index (Phi) is 18.8. The molecular formula is C22H42N4. The summed E-state index contributed by atoms with van der Waals surface area (Å²) in [7, 11) is 0. The maximum Gasteiger partial charge on any atom is 0.179 e. The Morgan fingerprint density at radius 3 is 1.00 bits per heavy atom. The van der Waals surface area contributed by atoms with Gasteiger partial charge in [-0.3, -0.25) is 0 Å². The zero-order valence-electron chi connectivity index (χ0n) is 17.5. The topological polar surface area (TPSA) is 54.1 Å². The third kappa shape index (κ3) is 16.1. The number of nitriles is 2. The first-order valence-corrected chi connectivity index (χ1v) is 11.1. The van der Waals surface area contributed by atoms with Crippen LogP contribution < -0.4 is 0 Å². The molecule has 0 bridgehead atoms. The summed E-state index contributed by atoms with van der Waals surface area (Å²) in [4.78, 5) is 3.83. The summed E-state index contributed by atoms with van der Waals surface area (Å²) in [5, 5.41) is 18.1. The van der Waals surface area contributed by atoms with Gasteiger partial charge in [-0.15, -0.1) is 0 Å². The van der Waals surface area contributed by atoms with Crippen LogP contribution in [0.4, 0.5) is 0 Å². The van der Waals surface area contributed by atoms with Crippen LogP contribution in [0, 0.1) is 22.9 Å². The molecule has 0 fully saturated rings. The van der Waals surface area contributed by atoms with Gasteiger partial charge < -0.3 is 9.80 Å². The molecule has 0 saturated carbocycles. The van der Waals surface area contributed by atoms with Crippen LogP contribution in [0.5, 0.6) is 0 Å². The molecule has 4 heteroatoms. The van der Waals surface area contributed by atoms with E-state index in [2.05, 4.69) is 26.2 Å². The van der Waals surface area contributed by atoms with E-state index in [1.165, 1.54) is 51.4 Å². The monoisotopic (exact) mass is 362 g/mol. The van der Waals surface area contributed by atoms with Crippen molar-refractivity contribution in [1.82, 2.24) is 9.80 Å². The summed E-state index contributed by atoms with van der Waals surface area (Å²) in [5.74, 6) is 0. The summed E-state index contributed by atoms with van der Waals surface area (Å²) < 4.78 is 0. The second-order valence-corrected chi connectivity index (χ2v) is 7.42. The molecule has 0 amide bonds. The summed E-state index contributed by atoms with van der Waals surface area (Å²) in [6.07, 6.45) is 22.0. The largest absolute Gasteiger partial charge is 0.311 e. The van der Waals surface area contributed by atoms with Gasteiger partial charge in [0.15, 0.2) is 12.4 Å². The minimum absolute atomic E-state index is 0.928. The van der Waals surface area contributed by atoms with Crippen LogP contribution in [-0.2, 0) is 0 Å². The molecule has 0 atom stereocenters. The molecule has 0 aliphatic carbocycles. The minimum Gasteiger partial charge on any atom is -0.311 e. The number of hydrogen-bond acceptors (Lipinski definition) is 4. The highest BCUT2D eigenvalue weighted by atomic mass is 15.1. The highest BCUT2D eigenvalue weighted by molar-refractivity contribution is 4.73. The molecule has 0 radical (unpaired) electrons. The number of hydrogen-bond donors (Lipinski definition) is 0. The van der Waals surface area contributed by atoms with Crippen LogP contribution in [0.2, 0.25) is 0 Å². The maximum absolute atomic E-state index is 9.05. The van der Waals surface area contributed by atoms with Crippen molar-refractivity contribution < 1.29 is 0 Å². The number of nitrogens with zero attached hydrogens (tertiary/aromatic N) is 4. The molecule has 0 aliphatic rings. The van der Waals surface area contributed by atoms with Gasteiger partial charge in [-0.1, -0.05) is 78.1 Å². The Morgan fingerprint density at radius 2 is 0.731 bits per heavy atom. The highest BCUT2D eigenvalue weighted by Crippen LogP contribution is 2.11. The van der Waals surface area contributed by atoms with E-state index in [9.17, 15) is 0 Å². The molecule has 0 aliphatic heterocycles. The van der Waals surface area contributed by atoms with E-state index in [1.54, 1.807) is 0 Å². The first-order valence-electron chi connectivity index (χ1n) is 11.1. The zero-order chi connectivity index (χ0) is 19.3. The molecule has 0 aromatic rings. The maximum atomic E-state index is 9.05. The lowest BCUT2D eigenvalue weighted by atomic mass is 10.1. The second-order valence-electron chi connectivity index (χ2n) is 7.42. The molecule has 26 heavy (non-hydrogen) atoms. The van der Waals surface area contributed by atoms with Gasteiger partial charge in [-0.2, -0.15) is 10.5 Å². The Hall–Kier alpha value is -1.42. The quantitative estimate of drug-likeness (QED) is 0.159. The van der Waals surface area contributed by atoms with E-state index in [-0.39, 0.29) is 0 Å². The van der Waals surface area contributed by atoms with Crippen molar-refractivity contribution in [3.05, 3.63) is 0 Å². The first-order chi connectivity index (χ1) is 12.8. The van der Waals surface area contributed by atoms with Crippen molar-refractivity contribution in [3.63, 3.8) is 0 Å². The molecule has 0 N–H and O–H groups in total. The number of rotatable bonds is 19. The molecule has 0 rings (SSSR count). The molecule has 0 heterocycles. The molecule has 150 valence electrons. The number of unbranched alkanes of at least 4 members (excludes halogenated alkanes) is 11. The SMILES string of the molecule is CCCCN(C#N)CCCCCCCCCCCCN(C#N)CCCC. The van der Waals surface area contributed by atoms with E-state index in [0.717, 1.165) is 64.7 Å². The average Bonchev–Trinajstić information content (AvgIpc) is 2.67. The van der Waals surface area contributed by atoms with E-state index < -0.39 is 0 Å². The fourth-order valence-electron chi connectivity index (χ4n) is 3.14. The van der Waals surface area contributed by atoms with Gasteiger partial charge in [-0.05, 0) is 25.7 Å². The normalized spacial score (nSPS) is 10.3. The minimum atomic E-state index is 0.928. The lowest BCUT2D eigenvalue weighted by molar-refractivity contribution is 0.366. The lowest BCUT2D eigenvalue weighted by Crippen LogP contribution is -2.20. The van der Waals surface area contributed by atoms with E-state index in [4.69, 9.17) is 10.5 Å². The van der Waals surface area contributed by atoms with Crippen molar-refractivity contribution in [2.75, 3.05) is 26.2 Å². The lowest BCUT2D eigenvalue weighted by Gasteiger charge is -2.14. The first kappa shape index (κ1) is 24.6. The van der Waals surface area contributed by atoms with Gasteiger partial charge >= 0.3 is 0 Å². The zero-order valence-corrected chi connectivity index (χ0v) is 17.5. The van der Waals surface area contributed by atoms with Crippen molar-refractivity contribution in [3.8, 4) is 12.4 Å². The van der Waals surface area contributed by atoms with Crippen LogP contribution in [0.25, 0.3) is 0 Å². The van der Waals surface area contributed by atoms with Gasteiger partial charge in [0.05, 0.1) is 0 Å². The van der Waals surface area contributed by atoms with Crippen molar-refractivity contribution in [2.45, 2.75) is 104 Å². The van der Waals surface area contributed by atoms with Crippen LogP contribution in [0.15, 0.2) is 0 Å². The summed E-state index contributed by atoms with van der Waals surface area (Å²) >= 11 is 0. The molecule has 0 aromatic heterocycles. The Bertz CT molecular complexity index is 333. The fraction of sp³-hybridized carbons (Fsp3) is 0.909. The van der Waals surface area contributed by atoms with Crippen molar-refractivity contribution >= 4 is 0 Å². The summed E-state index contributed by atoms with van der Waals surface area (Å²) in [6.45, 7) is 8.08. The predicted octanol–water partition coefficient (Wildman–Crippen LogP) is 6.05. The summed E-state index contributed by atoms with van der Waals surface area (Å²) in [5.41, 5.74) is 0. The van der Waals surface area contributed by atoms with E-state index in [1.807, 2.05) is 9.80 Å². The smallest absolute Gasteiger partial charge is 0.179 e. The van der Waals surface area contributed by atoms with Gasteiger partial charge in [0.2, 0.25) is 0 Å². The third-order valence-electron chi connectivity index (χ3n) is 4.95. The molecule has 4 nitrogen and oxygen atoms in total. The standard InChI is InChI=1S/C22H42N4/c1-3-5-17-25(21-23)19-15-13-11-9-7-8-10-12-14-16-20-26(22-24)18-6-4-2/h3-20H2,1-2H3.